The Bertz CT molecular complexity index is 376. The van der Waals surface area contributed by atoms with E-state index in [2.05, 4.69) is 0 Å². The fourth-order valence-corrected chi connectivity index (χ4v) is 2.06. The van der Waals surface area contributed by atoms with Crippen LogP contribution >= 0.6 is 0 Å². The second-order valence-corrected chi connectivity index (χ2v) is 4.43. The van der Waals surface area contributed by atoms with Crippen LogP contribution in [0.2, 0.25) is 0 Å². The van der Waals surface area contributed by atoms with Crippen LogP contribution in [0.25, 0.3) is 0 Å². The molecule has 0 atom stereocenters. The van der Waals surface area contributed by atoms with Crippen LogP contribution in [0.4, 0.5) is 0 Å². The summed E-state index contributed by atoms with van der Waals surface area (Å²) in [6.45, 7) is 5.10. The Morgan fingerprint density at radius 3 is 2.06 bits per heavy atom. The number of hydrogen-bond donors (Lipinski definition) is 2. The van der Waals surface area contributed by atoms with E-state index in [-0.39, 0.29) is 24.4 Å². The summed E-state index contributed by atoms with van der Waals surface area (Å²) in [6.07, 6.45) is 0.0382. The topological polar surface area (TPSA) is 93.1 Å². The highest BCUT2D eigenvalue weighted by Crippen LogP contribution is 2.37. The number of hydrogen-bond acceptors (Lipinski definition) is 4. The third kappa shape index (κ3) is 2.70. The van der Waals surface area contributed by atoms with Crippen molar-refractivity contribution in [1.29, 1.82) is 0 Å². The summed E-state index contributed by atoms with van der Waals surface area (Å²) in [5, 5.41) is 18.3. The maximum Gasteiger partial charge on any atom is 0.332 e. The van der Waals surface area contributed by atoms with E-state index in [1.165, 1.54) is 6.92 Å². The Morgan fingerprint density at radius 2 is 1.72 bits per heavy atom. The molecule has 0 saturated carbocycles. The first-order valence-corrected chi connectivity index (χ1v) is 5.75. The van der Waals surface area contributed by atoms with Crippen molar-refractivity contribution < 1.29 is 29.3 Å². The Balaban J connectivity index is 3.22. The van der Waals surface area contributed by atoms with Gasteiger partial charge in [-0.1, -0.05) is 6.92 Å². The zero-order valence-electron chi connectivity index (χ0n) is 10.7. The molecule has 0 aromatic rings. The molecule has 102 valence electrons. The van der Waals surface area contributed by atoms with Gasteiger partial charge in [0.05, 0.1) is 18.8 Å². The minimum Gasteiger partial charge on any atom is -0.478 e. The van der Waals surface area contributed by atoms with E-state index in [1.807, 2.05) is 0 Å². The number of ether oxygens (including phenoxy) is 2. The molecule has 0 spiro atoms. The van der Waals surface area contributed by atoms with Crippen molar-refractivity contribution >= 4 is 11.9 Å². The first-order valence-electron chi connectivity index (χ1n) is 5.75. The molecule has 0 aromatic carbocycles. The molecule has 6 nitrogen and oxygen atoms in total. The Hall–Kier alpha value is -1.40. The third-order valence-corrected chi connectivity index (χ3v) is 3.31. The van der Waals surface area contributed by atoms with Crippen molar-refractivity contribution in [3.05, 3.63) is 11.1 Å². The highest BCUT2D eigenvalue weighted by Gasteiger charge is 2.43. The zero-order chi connectivity index (χ0) is 13.9. The van der Waals surface area contributed by atoms with Crippen molar-refractivity contribution in [2.24, 2.45) is 5.41 Å². The van der Waals surface area contributed by atoms with E-state index in [0.717, 1.165) is 0 Å². The second kappa shape index (κ2) is 5.49. The summed E-state index contributed by atoms with van der Waals surface area (Å²) in [6, 6.07) is 0. The largest absolute Gasteiger partial charge is 0.478 e. The molecule has 0 aromatic heterocycles. The highest BCUT2D eigenvalue weighted by atomic mass is 16.7. The van der Waals surface area contributed by atoms with Gasteiger partial charge in [0.15, 0.2) is 6.29 Å². The number of carbonyl (C=O) groups is 2. The van der Waals surface area contributed by atoms with E-state index in [1.54, 1.807) is 13.8 Å². The van der Waals surface area contributed by atoms with Gasteiger partial charge in [0.2, 0.25) is 0 Å². The molecule has 2 N–H and O–H groups in total. The molecule has 1 rings (SSSR count). The number of carboxylic acids is 2. The molecule has 0 aliphatic carbocycles. The second-order valence-electron chi connectivity index (χ2n) is 4.43. The van der Waals surface area contributed by atoms with Crippen LogP contribution in [-0.4, -0.2) is 41.7 Å². The summed E-state index contributed by atoms with van der Waals surface area (Å²) in [5.41, 5.74) is -1.21. The van der Waals surface area contributed by atoms with Gasteiger partial charge in [-0.25, -0.2) is 9.59 Å². The van der Waals surface area contributed by atoms with Gasteiger partial charge in [0.25, 0.3) is 0 Å². The van der Waals surface area contributed by atoms with Crippen LogP contribution in [0, 0.1) is 5.41 Å². The fraction of sp³-hybridized carbons (Fsp3) is 0.667. The lowest BCUT2D eigenvalue weighted by Crippen LogP contribution is -2.44. The van der Waals surface area contributed by atoms with Crippen molar-refractivity contribution in [1.82, 2.24) is 0 Å². The van der Waals surface area contributed by atoms with E-state index < -0.39 is 23.6 Å². The molecule has 1 heterocycles. The van der Waals surface area contributed by atoms with Crippen molar-refractivity contribution in [3.8, 4) is 0 Å². The monoisotopic (exact) mass is 258 g/mol. The predicted octanol–water partition coefficient (Wildman–Crippen LogP) is 1.26. The van der Waals surface area contributed by atoms with Gasteiger partial charge in [0.1, 0.15) is 0 Å². The molecule has 1 fully saturated rings. The summed E-state index contributed by atoms with van der Waals surface area (Å²) in [4.78, 5) is 22.4. The quantitative estimate of drug-likeness (QED) is 0.737. The first-order chi connectivity index (χ1) is 8.34. The standard InChI is InChI=1S/C12H18O6/c1-4-12(5-17-8(3)18-6-12)9(11(15)16)7(2)10(13)14/h8H,4-6H2,1-3H3,(H,13,14)(H,15,16)/b9-7+. The SMILES string of the molecule is CCC1(/C(C(=O)O)=C(\C)C(=O)O)COC(C)OC1. The van der Waals surface area contributed by atoms with Gasteiger partial charge < -0.3 is 19.7 Å². The van der Waals surface area contributed by atoms with Crippen molar-refractivity contribution in [3.63, 3.8) is 0 Å². The minimum absolute atomic E-state index is 0.135. The van der Waals surface area contributed by atoms with Gasteiger partial charge in [-0.15, -0.1) is 0 Å². The number of aliphatic carboxylic acids is 2. The van der Waals surface area contributed by atoms with Crippen LogP contribution in [0.1, 0.15) is 27.2 Å². The van der Waals surface area contributed by atoms with Crippen molar-refractivity contribution in [2.75, 3.05) is 13.2 Å². The molecular formula is C12H18O6. The lowest BCUT2D eigenvalue weighted by Gasteiger charge is -2.39. The average Bonchev–Trinajstić information content (AvgIpc) is 2.31. The lowest BCUT2D eigenvalue weighted by atomic mass is 9.76. The Labute approximate surface area is 105 Å². The summed E-state index contributed by atoms with van der Waals surface area (Å²) < 4.78 is 10.7. The molecule has 18 heavy (non-hydrogen) atoms. The zero-order valence-corrected chi connectivity index (χ0v) is 10.7. The smallest absolute Gasteiger partial charge is 0.332 e. The maximum atomic E-state index is 11.4. The summed E-state index contributed by atoms with van der Waals surface area (Å²) >= 11 is 0. The fourth-order valence-electron chi connectivity index (χ4n) is 2.06. The molecule has 0 bridgehead atoms. The van der Waals surface area contributed by atoms with Crippen LogP contribution in [0.15, 0.2) is 11.1 Å². The van der Waals surface area contributed by atoms with E-state index >= 15 is 0 Å². The number of carboxylic acid groups (broad SMARTS) is 2. The number of rotatable bonds is 4. The van der Waals surface area contributed by atoms with Gasteiger partial charge >= 0.3 is 11.9 Å². The molecule has 1 saturated heterocycles. The Kier molecular flexibility index (Phi) is 4.48. The molecular weight excluding hydrogens is 240 g/mol. The van der Waals surface area contributed by atoms with Gasteiger partial charge in [-0.2, -0.15) is 0 Å². The molecule has 0 amide bonds. The van der Waals surface area contributed by atoms with E-state index in [0.29, 0.717) is 6.42 Å². The average molecular weight is 258 g/mol. The minimum atomic E-state index is -1.24. The lowest BCUT2D eigenvalue weighted by molar-refractivity contribution is -0.213. The van der Waals surface area contributed by atoms with Crippen molar-refractivity contribution in [2.45, 2.75) is 33.5 Å². The van der Waals surface area contributed by atoms with E-state index in [4.69, 9.17) is 14.6 Å². The van der Waals surface area contributed by atoms with Crippen LogP contribution in [-0.2, 0) is 19.1 Å². The molecule has 0 unspecified atom stereocenters. The maximum absolute atomic E-state index is 11.4. The van der Waals surface area contributed by atoms with Crippen LogP contribution < -0.4 is 0 Å². The molecule has 1 aliphatic rings. The molecule has 6 heteroatoms. The molecule has 1 aliphatic heterocycles. The Morgan fingerprint density at radius 1 is 1.22 bits per heavy atom. The van der Waals surface area contributed by atoms with Crippen LogP contribution in [0.3, 0.4) is 0 Å². The molecule has 0 radical (unpaired) electrons. The summed E-state index contributed by atoms with van der Waals surface area (Å²) in [7, 11) is 0. The van der Waals surface area contributed by atoms with Crippen LogP contribution in [0.5, 0.6) is 0 Å². The summed E-state index contributed by atoms with van der Waals surface area (Å²) in [5.74, 6) is -2.47. The first kappa shape index (κ1) is 14.7. The van der Waals surface area contributed by atoms with Gasteiger partial charge in [-0.05, 0) is 20.3 Å². The van der Waals surface area contributed by atoms with Gasteiger partial charge in [0, 0.05) is 11.0 Å². The normalized spacial score (nSPS) is 29.6. The van der Waals surface area contributed by atoms with E-state index in [9.17, 15) is 14.7 Å². The third-order valence-electron chi connectivity index (χ3n) is 3.31. The van der Waals surface area contributed by atoms with Gasteiger partial charge in [-0.3, -0.25) is 0 Å². The highest BCUT2D eigenvalue weighted by molar-refractivity contribution is 5.99. The predicted molar refractivity (Wildman–Crippen MR) is 62.1 cm³/mol.